The second-order valence-electron chi connectivity index (χ2n) is 6.47. The summed E-state index contributed by atoms with van der Waals surface area (Å²) in [4.78, 5) is 12.2. The summed E-state index contributed by atoms with van der Waals surface area (Å²) in [6.07, 6.45) is 2.58. The van der Waals surface area contributed by atoms with Crippen LogP contribution < -0.4 is 11.1 Å². The van der Waals surface area contributed by atoms with E-state index < -0.39 is 0 Å². The monoisotopic (exact) mass is 328 g/mol. The summed E-state index contributed by atoms with van der Waals surface area (Å²) < 4.78 is 0. The van der Waals surface area contributed by atoms with E-state index in [0.717, 1.165) is 24.8 Å². The first-order chi connectivity index (χ1) is 9.81. The van der Waals surface area contributed by atoms with Crippen LogP contribution in [-0.4, -0.2) is 18.5 Å². The maximum Gasteiger partial charge on any atom is 0.223 e. The number of carbonyl (C=O) groups excluding carboxylic acids is 1. The van der Waals surface area contributed by atoms with Crippen LogP contribution in [0.25, 0.3) is 0 Å². The Labute approximate surface area is 136 Å². The number of hydrogen-bond donors (Lipinski definition) is 2. The van der Waals surface area contributed by atoms with Gasteiger partial charge in [-0.3, -0.25) is 4.79 Å². The molecule has 0 spiro atoms. The van der Waals surface area contributed by atoms with Crippen LogP contribution in [0, 0.1) is 5.92 Å². The highest BCUT2D eigenvalue weighted by molar-refractivity contribution is 6.36. The van der Waals surface area contributed by atoms with Gasteiger partial charge in [0.15, 0.2) is 0 Å². The van der Waals surface area contributed by atoms with E-state index in [0.29, 0.717) is 16.6 Å². The van der Waals surface area contributed by atoms with Crippen molar-refractivity contribution >= 4 is 29.1 Å². The Morgan fingerprint density at radius 2 is 1.95 bits per heavy atom. The summed E-state index contributed by atoms with van der Waals surface area (Å²) in [5, 5.41) is 4.29. The van der Waals surface area contributed by atoms with E-state index in [9.17, 15) is 4.79 Å². The first-order valence-electron chi connectivity index (χ1n) is 7.29. The fourth-order valence-electron chi connectivity index (χ4n) is 2.94. The molecule has 0 bridgehead atoms. The van der Waals surface area contributed by atoms with Crippen molar-refractivity contribution in [2.45, 2.75) is 44.6 Å². The Balaban J connectivity index is 2.03. The molecule has 116 valence electrons. The molecule has 1 aromatic carbocycles. The second kappa shape index (κ2) is 6.55. The van der Waals surface area contributed by atoms with Crippen molar-refractivity contribution in [2.24, 2.45) is 11.7 Å². The fraction of sp³-hybridized carbons (Fsp3) is 0.562. The number of amides is 1. The maximum absolute atomic E-state index is 12.2. The number of benzene rings is 1. The van der Waals surface area contributed by atoms with Gasteiger partial charge in [-0.25, -0.2) is 0 Å². The van der Waals surface area contributed by atoms with Gasteiger partial charge in [0, 0.05) is 34.0 Å². The molecule has 2 atom stereocenters. The van der Waals surface area contributed by atoms with Gasteiger partial charge in [-0.05, 0) is 37.0 Å². The minimum absolute atomic E-state index is 0.0394. The van der Waals surface area contributed by atoms with E-state index >= 15 is 0 Å². The Morgan fingerprint density at radius 3 is 2.48 bits per heavy atom. The summed E-state index contributed by atoms with van der Waals surface area (Å²) in [7, 11) is 0. The SMILES string of the molecule is CC(C)(CNC(=O)C1CCC(N)C1)c1c(Cl)cccc1Cl. The molecule has 0 aromatic heterocycles. The van der Waals surface area contributed by atoms with Gasteiger partial charge in [0.25, 0.3) is 0 Å². The number of halogens is 2. The highest BCUT2D eigenvalue weighted by Gasteiger charge is 2.31. The van der Waals surface area contributed by atoms with Crippen molar-refractivity contribution in [3.05, 3.63) is 33.8 Å². The van der Waals surface area contributed by atoms with E-state index in [1.165, 1.54) is 0 Å². The molecular weight excluding hydrogens is 307 g/mol. The van der Waals surface area contributed by atoms with E-state index in [-0.39, 0.29) is 23.3 Å². The molecule has 1 aliphatic rings. The van der Waals surface area contributed by atoms with Crippen LogP contribution in [0.2, 0.25) is 10.0 Å². The predicted molar refractivity (Wildman–Crippen MR) is 87.8 cm³/mol. The molecule has 3 N–H and O–H groups in total. The van der Waals surface area contributed by atoms with Gasteiger partial charge in [0.2, 0.25) is 5.91 Å². The zero-order chi connectivity index (χ0) is 15.6. The molecule has 1 fully saturated rings. The Morgan fingerprint density at radius 1 is 1.33 bits per heavy atom. The lowest BCUT2D eigenvalue weighted by Crippen LogP contribution is -2.39. The Hall–Kier alpha value is -0.770. The molecular formula is C16H22Cl2N2O. The zero-order valence-corrected chi connectivity index (χ0v) is 14.0. The molecule has 3 nitrogen and oxygen atoms in total. The number of carbonyl (C=O) groups is 1. The maximum atomic E-state index is 12.2. The molecule has 0 heterocycles. The summed E-state index contributed by atoms with van der Waals surface area (Å²) in [6.45, 7) is 4.56. The lowest BCUT2D eigenvalue weighted by Gasteiger charge is -2.28. The largest absolute Gasteiger partial charge is 0.355 e. The summed E-state index contributed by atoms with van der Waals surface area (Å²) in [5.41, 5.74) is 6.41. The average molecular weight is 329 g/mol. The minimum Gasteiger partial charge on any atom is -0.355 e. The molecule has 0 aliphatic heterocycles. The van der Waals surface area contributed by atoms with Crippen LogP contribution in [0.4, 0.5) is 0 Å². The van der Waals surface area contributed by atoms with Crippen molar-refractivity contribution in [3.8, 4) is 0 Å². The number of nitrogens with two attached hydrogens (primary N) is 1. The summed E-state index contributed by atoms with van der Waals surface area (Å²) >= 11 is 12.5. The van der Waals surface area contributed by atoms with Gasteiger partial charge in [-0.15, -0.1) is 0 Å². The third kappa shape index (κ3) is 3.91. The summed E-state index contributed by atoms with van der Waals surface area (Å²) in [5.74, 6) is 0.122. The molecule has 0 radical (unpaired) electrons. The van der Waals surface area contributed by atoms with E-state index in [4.69, 9.17) is 28.9 Å². The molecule has 1 amide bonds. The molecule has 1 saturated carbocycles. The quantitative estimate of drug-likeness (QED) is 0.888. The minimum atomic E-state index is -0.328. The van der Waals surface area contributed by atoms with Gasteiger partial charge in [-0.1, -0.05) is 43.1 Å². The van der Waals surface area contributed by atoms with Crippen molar-refractivity contribution in [1.82, 2.24) is 5.32 Å². The topological polar surface area (TPSA) is 55.1 Å². The third-order valence-electron chi connectivity index (χ3n) is 4.19. The normalized spacial score (nSPS) is 22.3. The van der Waals surface area contributed by atoms with Crippen molar-refractivity contribution in [1.29, 1.82) is 0 Å². The average Bonchev–Trinajstić information content (AvgIpc) is 2.82. The highest BCUT2D eigenvalue weighted by Crippen LogP contribution is 2.35. The standard InChI is InChI=1S/C16H22Cl2N2O/c1-16(2,14-12(17)4-3-5-13(14)18)9-20-15(21)10-6-7-11(19)8-10/h3-5,10-11H,6-9,19H2,1-2H3,(H,20,21). The summed E-state index contributed by atoms with van der Waals surface area (Å²) in [6, 6.07) is 5.62. The van der Waals surface area contributed by atoms with Crippen LogP contribution in [-0.2, 0) is 10.2 Å². The van der Waals surface area contributed by atoms with Crippen LogP contribution >= 0.6 is 23.2 Å². The van der Waals surface area contributed by atoms with Crippen LogP contribution in [0.5, 0.6) is 0 Å². The Kier molecular flexibility index (Phi) is 5.18. The molecule has 5 heteroatoms. The van der Waals surface area contributed by atoms with Crippen molar-refractivity contribution in [2.75, 3.05) is 6.54 Å². The molecule has 2 unspecified atom stereocenters. The molecule has 1 aromatic rings. The molecule has 0 saturated heterocycles. The second-order valence-corrected chi connectivity index (χ2v) is 7.28. The Bertz CT molecular complexity index is 511. The number of hydrogen-bond acceptors (Lipinski definition) is 2. The van der Waals surface area contributed by atoms with E-state index in [1.807, 2.05) is 32.0 Å². The molecule has 21 heavy (non-hydrogen) atoms. The zero-order valence-electron chi connectivity index (χ0n) is 12.5. The highest BCUT2D eigenvalue weighted by atomic mass is 35.5. The first-order valence-corrected chi connectivity index (χ1v) is 8.04. The molecule has 2 rings (SSSR count). The van der Waals surface area contributed by atoms with Crippen LogP contribution in [0.15, 0.2) is 18.2 Å². The first kappa shape index (κ1) is 16.6. The van der Waals surface area contributed by atoms with Gasteiger partial charge in [-0.2, -0.15) is 0 Å². The van der Waals surface area contributed by atoms with Crippen LogP contribution in [0.1, 0.15) is 38.7 Å². The van der Waals surface area contributed by atoms with Gasteiger partial charge >= 0.3 is 0 Å². The van der Waals surface area contributed by atoms with E-state index in [1.54, 1.807) is 0 Å². The van der Waals surface area contributed by atoms with Crippen LogP contribution in [0.3, 0.4) is 0 Å². The lowest BCUT2D eigenvalue weighted by atomic mass is 9.84. The van der Waals surface area contributed by atoms with Gasteiger partial charge in [0.1, 0.15) is 0 Å². The third-order valence-corrected chi connectivity index (χ3v) is 4.82. The molecule has 1 aliphatic carbocycles. The van der Waals surface area contributed by atoms with Gasteiger partial charge in [0.05, 0.1) is 0 Å². The fourth-order valence-corrected chi connectivity index (χ4v) is 3.85. The smallest absolute Gasteiger partial charge is 0.223 e. The predicted octanol–water partition coefficient (Wildman–Crippen LogP) is 3.51. The van der Waals surface area contributed by atoms with Crippen molar-refractivity contribution < 1.29 is 4.79 Å². The van der Waals surface area contributed by atoms with Gasteiger partial charge < -0.3 is 11.1 Å². The number of rotatable bonds is 4. The number of nitrogens with one attached hydrogen (secondary N) is 1. The van der Waals surface area contributed by atoms with E-state index in [2.05, 4.69) is 5.32 Å². The van der Waals surface area contributed by atoms with Crippen molar-refractivity contribution in [3.63, 3.8) is 0 Å². The lowest BCUT2D eigenvalue weighted by molar-refractivity contribution is -0.125.